The lowest BCUT2D eigenvalue weighted by Gasteiger charge is -2.20. The van der Waals surface area contributed by atoms with Crippen molar-refractivity contribution >= 4 is 29.3 Å². The van der Waals surface area contributed by atoms with E-state index in [-0.39, 0.29) is 17.7 Å². The minimum absolute atomic E-state index is 0.116. The molecule has 0 aliphatic heterocycles. The average molecular weight is 464 g/mol. The lowest BCUT2D eigenvalue weighted by molar-refractivity contribution is -0.119. The Hall–Kier alpha value is -3.16. The summed E-state index contributed by atoms with van der Waals surface area (Å²) in [6.45, 7) is 4.03. The molecule has 0 aliphatic rings. The number of aromatic nitrogens is 4. The van der Waals surface area contributed by atoms with Crippen molar-refractivity contribution in [3.8, 4) is 5.69 Å². The highest BCUT2D eigenvalue weighted by molar-refractivity contribution is 7.99. The molecule has 4 rings (SSSR count). The second kappa shape index (κ2) is 9.97. The summed E-state index contributed by atoms with van der Waals surface area (Å²) in [5.74, 6) is 0.0669. The Morgan fingerprint density at radius 3 is 2.31 bits per heavy atom. The molecule has 6 nitrogen and oxygen atoms in total. The molecule has 4 aromatic rings. The molecule has 0 radical (unpaired) electrons. The van der Waals surface area contributed by atoms with Crippen LogP contribution in [0.25, 0.3) is 5.69 Å². The summed E-state index contributed by atoms with van der Waals surface area (Å²) >= 11 is 7.35. The molecule has 0 bridgehead atoms. The van der Waals surface area contributed by atoms with Crippen LogP contribution >= 0.6 is 23.4 Å². The lowest BCUT2D eigenvalue weighted by Crippen LogP contribution is -2.30. The van der Waals surface area contributed by atoms with Gasteiger partial charge in [0, 0.05) is 5.02 Å². The molecule has 1 N–H and O–H groups in total. The van der Waals surface area contributed by atoms with Crippen molar-refractivity contribution in [3.05, 3.63) is 100 Å². The topological polar surface area (TPSA) is 72.7 Å². The Morgan fingerprint density at radius 2 is 1.62 bits per heavy atom. The fourth-order valence-corrected chi connectivity index (χ4v) is 4.36. The van der Waals surface area contributed by atoms with Crippen LogP contribution in [-0.4, -0.2) is 31.9 Å². The van der Waals surface area contributed by atoms with E-state index in [0.717, 1.165) is 27.9 Å². The van der Waals surface area contributed by atoms with Crippen molar-refractivity contribution in [3.63, 3.8) is 0 Å². The summed E-state index contributed by atoms with van der Waals surface area (Å²) in [7, 11) is 0. The van der Waals surface area contributed by atoms with Gasteiger partial charge in [-0.2, -0.15) is 4.68 Å². The monoisotopic (exact) mass is 463 g/mol. The summed E-state index contributed by atoms with van der Waals surface area (Å²) in [4.78, 5) is 12.9. The number of carbonyl (C=O) groups is 1. The predicted molar refractivity (Wildman–Crippen MR) is 127 cm³/mol. The molecule has 1 aromatic heterocycles. The van der Waals surface area contributed by atoms with Gasteiger partial charge >= 0.3 is 0 Å². The molecule has 1 atom stereocenters. The molecule has 1 heterocycles. The van der Waals surface area contributed by atoms with Crippen LogP contribution in [-0.2, 0) is 4.79 Å². The minimum atomic E-state index is -0.281. The SMILES string of the molecule is Cc1cccc(C)c1-n1nnnc1SCC(=O)NC(c1ccccc1)c1ccc(Cl)cc1. The second-order valence-corrected chi connectivity index (χ2v) is 8.74. The molecular weight excluding hydrogens is 442 g/mol. The molecule has 0 aliphatic carbocycles. The number of hydrogen-bond acceptors (Lipinski definition) is 5. The zero-order valence-corrected chi connectivity index (χ0v) is 19.3. The highest BCUT2D eigenvalue weighted by atomic mass is 35.5. The Morgan fingerprint density at radius 1 is 0.969 bits per heavy atom. The van der Waals surface area contributed by atoms with E-state index in [1.807, 2.05) is 86.6 Å². The molecule has 0 saturated carbocycles. The normalized spacial score (nSPS) is 11.8. The molecule has 0 fully saturated rings. The quantitative estimate of drug-likeness (QED) is 0.393. The van der Waals surface area contributed by atoms with Gasteiger partial charge in [-0.05, 0) is 58.7 Å². The zero-order valence-electron chi connectivity index (χ0n) is 17.7. The van der Waals surface area contributed by atoms with E-state index in [0.29, 0.717) is 10.2 Å². The number of hydrogen-bond donors (Lipinski definition) is 1. The molecule has 162 valence electrons. The molecule has 3 aromatic carbocycles. The largest absolute Gasteiger partial charge is 0.344 e. The van der Waals surface area contributed by atoms with Crippen molar-refractivity contribution in [1.82, 2.24) is 25.5 Å². The number of para-hydroxylation sites is 1. The first-order valence-corrected chi connectivity index (χ1v) is 11.5. The van der Waals surface area contributed by atoms with Crippen LogP contribution in [0.2, 0.25) is 5.02 Å². The highest BCUT2D eigenvalue weighted by Crippen LogP contribution is 2.26. The van der Waals surface area contributed by atoms with Gasteiger partial charge in [-0.25, -0.2) is 0 Å². The van der Waals surface area contributed by atoms with E-state index in [9.17, 15) is 4.79 Å². The van der Waals surface area contributed by atoms with Crippen molar-refractivity contribution < 1.29 is 4.79 Å². The van der Waals surface area contributed by atoms with Crippen LogP contribution < -0.4 is 5.32 Å². The van der Waals surface area contributed by atoms with Crippen LogP contribution in [0.4, 0.5) is 0 Å². The molecule has 0 saturated heterocycles. The van der Waals surface area contributed by atoms with Crippen LogP contribution in [0.15, 0.2) is 78.0 Å². The fraction of sp³-hybridized carbons (Fsp3) is 0.167. The molecule has 1 amide bonds. The number of nitrogens with zero attached hydrogens (tertiary/aromatic N) is 4. The Labute approximate surface area is 196 Å². The Kier molecular flexibility index (Phi) is 6.87. The number of tetrazole rings is 1. The number of benzene rings is 3. The number of thioether (sulfide) groups is 1. The summed E-state index contributed by atoms with van der Waals surface area (Å²) < 4.78 is 1.69. The molecule has 32 heavy (non-hydrogen) atoms. The number of amides is 1. The van der Waals surface area contributed by atoms with Crippen LogP contribution in [0.3, 0.4) is 0 Å². The van der Waals surface area contributed by atoms with Crippen molar-refractivity contribution in [2.75, 3.05) is 5.75 Å². The van der Waals surface area contributed by atoms with Gasteiger partial charge in [0.2, 0.25) is 11.1 Å². The third-order valence-electron chi connectivity index (χ3n) is 5.07. The number of halogens is 1. The molecule has 1 unspecified atom stereocenters. The fourth-order valence-electron chi connectivity index (χ4n) is 3.54. The Bertz CT molecular complexity index is 1190. The van der Waals surface area contributed by atoms with Gasteiger partial charge in [0.25, 0.3) is 0 Å². The Balaban J connectivity index is 1.51. The van der Waals surface area contributed by atoms with E-state index in [2.05, 4.69) is 20.8 Å². The number of aryl methyl sites for hydroxylation is 2. The summed E-state index contributed by atoms with van der Waals surface area (Å²) in [5.41, 5.74) is 5.02. The van der Waals surface area contributed by atoms with E-state index in [1.54, 1.807) is 4.68 Å². The van der Waals surface area contributed by atoms with E-state index in [4.69, 9.17) is 11.6 Å². The zero-order chi connectivity index (χ0) is 22.5. The number of rotatable bonds is 7. The van der Waals surface area contributed by atoms with Gasteiger partial charge in [0.15, 0.2) is 0 Å². The maximum atomic E-state index is 12.9. The second-order valence-electron chi connectivity index (χ2n) is 7.37. The highest BCUT2D eigenvalue weighted by Gasteiger charge is 2.19. The van der Waals surface area contributed by atoms with Crippen LogP contribution in [0, 0.1) is 13.8 Å². The van der Waals surface area contributed by atoms with Gasteiger partial charge in [0.1, 0.15) is 0 Å². The van der Waals surface area contributed by atoms with Crippen LogP contribution in [0.1, 0.15) is 28.3 Å². The van der Waals surface area contributed by atoms with Crippen LogP contribution in [0.5, 0.6) is 0 Å². The van der Waals surface area contributed by atoms with E-state index >= 15 is 0 Å². The van der Waals surface area contributed by atoms with Crippen molar-refractivity contribution in [2.24, 2.45) is 0 Å². The first kappa shape index (κ1) is 22.0. The lowest BCUT2D eigenvalue weighted by atomic mass is 9.99. The van der Waals surface area contributed by atoms with Gasteiger partial charge in [-0.15, -0.1) is 5.10 Å². The number of nitrogens with one attached hydrogen (secondary N) is 1. The first-order chi connectivity index (χ1) is 15.5. The van der Waals surface area contributed by atoms with Gasteiger partial charge in [0.05, 0.1) is 17.5 Å². The van der Waals surface area contributed by atoms with Crippen molar-refractivity contribution in [1.29, 1.82) is 0 Å². The molecule has 8 heteroatoms. The van der Waals surface area contributed by atoms with Gasteiger partial charge < -0.3 is 5.32 Å². The minimum Gasteiger partial charge on any atom is -0.344 e. The van der Waals surface area contributed by atoms with Crippen molar-refractivity contribution in [2.45, 2.75) is 25.0 Å². The average Bonchev–Trinajstić information content (AvgIpc) is 3.25. The summed E-state index contributed by atoms with van der Waals surface area (Å²) in [5, 5.41) is 16.4. The van der Waals surface area contributed by atoms with E-state index < -0.39 is 0 Å². The molecule has 0 spiro atoms. The summed E-state index contributed by atoms with van der Waals surface area (Å²) in [6.07, 6.45) is 0. The third-order valence-corrected chi connectivity index (χ3v) is 6.24. The molecular formula is C24H22ClN5OS. The number of carbonyl (C=O) groups excluding carboxylic acids is 1. The van der Waals surface area contributed by atoms with Gasteiger partial charge in [-0.1, -0.05) is 84.0 Å². The first-order valence-electron chi connectivity index (χ1n) is 10.1. The maximum absolute atomic E-state index is 12.9. The smallest absolute Gasteiger partial charge is 0.231 e. The standard InChI is InChI=1S/C24H22ClN5OS/c1-16-7-6-8-17(2)23(16)30-24(27-28-29-30)32-15-21(31)26-22(18-9-4-3-5-10-18)19-11-13-20(25)14-12-19/h3-14,22H,15H2,1-2H3,(H,26,31). The predicted octanol–water partition coefficient (Wildman–Crippen LogP) is 4.93. The van der Waals surface area contributed by atoms with E-state index in [1.165, 1.54) is 11.8 Å². The third kappa shape index (κ3) is 5.00. The van der Waals surface area contributed by atoms with Gasteiger partial charge in [-0.3, -0.25) is 4.79 Å². The maximum Gasteiger partial charge on any atom is 0.231 e. The summed E-state index contributed by atoms with van der Waals surface area (Å²) in [6, 6.07) is 23.1.